The number of aryl methyl sites for hydroxylation is 1. The quantitative estimate of drug-likeness (QED) is 0.797. The minimum absolute atomic E-state index is 0.0448. The molecule has 25 heavy (non-hydrogen) atoms. The van der Waals surface area contributed by atoms with Crippen LogP contribution < -0.4 is 5.69 Å². The Kier molecular flexibility index (Phi) is 3.87. The maximum Gasteiger partial charge on any atom is 0.345 e. The van der Waals surface area contributed by atoms with Gasteiger partial charge < -0.3 is 14.3 Å². The third-order valence-corrected chi connectivity index (χ3v) is 4.78. The zero-order chi connectivity index (χ0) is 17.4. The molecule has 0 saturated carbocycles. The number of aromatic nitrogens is 2. The number of nitrogens with one attached hydrogen (secondary N) is 1. The summed E-state index contributed by atoms with van der Waals surface area (Å²) in [5, 5.41) is 0.979. The average molecular weight is 337 g/mol. The Bertz CT molecular complexity index is 989. The van der Waals surface area contributed by atoms with Crippen LogP contribution in [0.3, 0.4) is 0 Å². The fourth-order valence-corrected chi connectivity index (χ4v) is 3.56. The highest BCUT2D eigenvalue weighted by molar-refractivity contribution is 5.88. The molecule has 3 heterocycles. The third kappa shape index (κ3) is 2.95. The molecule has 0 spiro atoms. The van der Waals surface area contributed by atoms with Crippen LogP contribution in [0.1, 0.15) is 35.7 Å². The highest BCUT2D eigenvalue weighted by Gasteiger charge is 2.31. The molecule has 4 rings (SSSR count). The molecule has 1 N–H and O–H groups in total. The van der Waals surface area contributed by atoms with E-state index in [1.807, 2.05) is 30.0 Å². The first-order valence-corrected chi connectivity index (χ1v) is 8.43. The number of hydrogen-bond donors (Lipinski definition) is 1. The molecule has 1 amide bonds. The number of benzene rings is 1. The first kappa shape index (κ1) is 15.6. The first-order valence-electron chi connectivity index (χ1n) is 8.43. The van der Waals surface area contributed by atoms with Crippen LogP contribution in [0.4, 0.5) is 0 Å². The number of rotatable bonds is 3. The van der Waals surface area contributed by atoms with Gasteiger partial charge in [-0.05, 0) is 37.5 Å². The van der Waals surface area contributed by atoms with Gasteiger partial charge in [0, 0.05) is 29.4 Å². The van der Waals surface area contributed by atoms with Crippen molar-refractivity contribution in [2.75, 3.05) is 6.54 Å². The smallest absolute Gasteiger partial charge is 0.345 e. The Labute approximate surface area is 144 Å². The Hall–Kier alpha value is -2.89. The Morgan fingerprint density at radius 1 is 1.40 bits per heavy atom. The SMILES string of the molecule is Cc1ccc2c(CC(=O)N3CCCC3c3ccnc(=O)[nH]3)coc2c1. The van der Waals surface area contributed by atoms with Gasteiger partial charge in [-0.15, -0.1) is 0 Å². The van der Waals surface area contributed by atoms with Crippen molar-refractivity contribution in [3.63, 3.8) is 0 Å². The molecule has 1 atom stereocenters. The van der Waals surface area contributed by atoms with Crippen molar-refractivity contribution >= 4 is 16.9 Å². The van der Waals surface area contributed by atoms with Gasteiger partial charge in [-0.2, -0.15) is 0 Å². The molecule has 6 heteroatoms. The lowest BCUT2D eigenvalue weighted by Gasteiger charge is -2.24. The maximum absolute atomic E-state index is 12.9. The maximum atomic E-state index is 12.9. The summed E-state index contributed by atoms with van der Waals surface area (Å²) in [5.74, 6) is 0.0448. The van der Waals surface area contributed by atoms with E-state index in [0.717, 1.165) is 40.6 Å². The normalized spacial score (nSPS) is 17.3. The molecular formula is C19H19N3O3. The van der Waals surface area contributed by atoms with Crippen molar-refractivity contribution in [1.29, 1.82) is 0 Å². The highest BCUT2D eigenvalue weighted by atomic mass is 16.3. The van der Waals surface area contributed by atoms with Gasteiger partial charge in [0.2, 0.25) is 5.91 Å². The van der Waals surface area contributed by atoms with Crippen LogP contribution in [0.2, 0.25) is 0 Å². The van der Waals surface area contributed by atoms with E-state index in [1.54, 1.807) is 12.3 Å². The van der Waals surface area contributed by atoms with Crippen LogP contribution in [0, 0.1) is 6.92 Å². The number of nitrogens with zero attached hydrogens (tertiary/aromatic N) is 2. The number of fused-ring (bicyclic) bond motifs is 1. The lowest BCUT2D eigenvalue weighted by atomic mass is 10.1. The van der Waals surface area contributed by atoms with Crippen molar-refractivity contribution in [2.45, 2.75) is 32.2 Å². The number of likely N-dealkylation sites (tertiary alicyclic amines) is 1. The third-order valence-electron chi connectivity index (χ3n) is 4.78. The van der Waals surface area contributed by atoms with Gasteiger partial charge in [-0.1, -0.05) is 12.1 Å². The van der Waals surface area contributed by atoms with Gasteiger partial charge >= 0.3 is 5.69 Å². The van der Waals surface area contributed by atoms with Gasteiger partial charge in [0.1, 0.15) is 5.58 Å². The highest BCUT2D eigenvalue weighted by Crippen LogP contribution is 2.31. The van der Waals surface area contributed by atoms with Gasteiger partial charge in [-0.25, -0.2) is 9.78 Å². The molecule has 0 bridgehead atoms. The molecule has 0 aliphatic carbocycles. The summed E-state index contributed by atoms with van der Waals surface area (Å²) in [6.07, 6.45) is 5.22. The van der Waals surface area contributed by atoms with E-state index in [1.165, 1.54) is 6.20 Å². The molecule has 1 aliphatic heterocycles. The fourth-order valence-electron chi connectivity index (χ4n) is 3.56. The van der Waals surface area contributed by atoms with Crippen LogP contribution in [0.15, 0.2) is 45.9 Å². The summed E-state index contributed by atoms with van der Waals surface area (Å²) in [6.45, 7) is 2.71. The van der Waals surface area contributed by atoms with Gasteiger partial charge in [0.25, 0.3) is 0 Å². The molecule has 128 valence electrons. The van der Waals surface area contributed by atoms with Gasteiger partial charge in [0.05, 0.1) is 18.7 Å². The number of amides is 1. The summed E-state index contributed by atoms with van der Waals surface area (Å²) >= 11 is 0. The summed E-state index contributed by atoms with van der Waals surface area (Å²) in [7, 11) is 0. The Morgan fingerprint density at radius 3 is 3.12 bits per heavy atom. The second-order valence-corrected chi connectivity index (χ2v) is 6.51. The summed E-state index contributed by atoms with van der Waals surface area (Å²) in [5.41, 5.74) is 3.20. The van der Waals surface area contributed by atoms with Crippen LogP contribution in [0.5, 0.6) is 0 Å². The minimum atomic E-state index is -0.381. The van der Waals surface area contributed by atoms with Crippen molar-refractivity contribution in [1.82, 2.24) is 14.9 Å². The minimum Gasteiger partial charge on any atom is -0.464 e. The van der Waals surface area contributed by atoms with E-state index in [4.69, 9.17) is 4.42 Å². The number of carbonyl (C=O) groups is 1. The van der Waals surface area contributed by atoms with E-state index in [2.05, 4.69) is 9.97 Å². The van der Waals surface area contributed by atoms with Crippen LogP contribution in [-0.4, -0.2) is 27.3 Å². The molecular weight excluding hydrogens is 318 g/mol. The standard InChI is InChI=1S/C19H19N3O3/c1-12-4-5-14-13(11-25-17(14)9-12)10-18(23)22-8-2-3-16(22)15-6-7-20-19(24)21-15/h4-7,9,11,16H,2-3,8,10H2,1H3,(H,20,21,24). The summed E-state index contributed by atoms with van der Waals surface area (Å²) in [6, 6.07) is 7.67. The van der Waals surface area contributed by atoms with Crippen molar-refractivity contribution in [3.05, 3.63) is 64.0 Å². The largest absolute Gasteiger partial charge is 0.464 e. The molecule has 6 nitrogen and oxygen atoms in total. The number of furan rings is 1. The molecule has 0 radical (unpaired) electrons. The molecule has 1 aromatic carbocycles. The lowest BCUT2D eigenvalue weighted by Crippen LogP contribution is -2.33. The number of H-pyrrole nitrogens is 1. The predicted octanol–water partition coefficient (Wildman–Crippen LogP) is 2.73. The number of aromatic amines is 1. The van der Waals surface area contributed by atoms with Crippen LogP contribution in [-0.2, 0) is 11.2 Å². The fraction of sp³-hybridized carbons (Fsp3) is 0.316. The number of carbonyl (C=O) groups excluding carboxylic acids is 1. The van der Waals surface area contributed by atoms with Crippen LogP contribution >= 0.6 is 0 Å². The first-order chi connectivity index (χ1) is 12.1. The zero-order valence-electron chi connectivity index (χ0n) is 14.0. The van der Waals surface area contributed by atoms with E-state index in [9.17, 15) is 9.59 Å². The molecule has 1 unspecified atom stereocenters. The topological polar surface area (TPSA) is 79.2 Å². The van der Waals surface area contributed by atoms with E-state index < -0.39 is 0 Å². The zero-order valence-corrected chi connectivity index (χ0v) is 14.0. The van der Waals surface area contributed by atoms with Crippen molar-refractivity contribution in [3.8, 4) is 0 Å². The second kappa shape index (κ2) is 6.20. The molecule has 1 aliphatic rings. The van der Waals surface area contributed by atoms with Gasteiger partial charge in [-0.3, -0.25) is 4.79 Å². The Balaban J connectivity index is 1.58. The monoisotopic (exact) mass is 337 g/mol. The predicted molar refractivity (Wildman–Crippen MR) is 93.2 cm³/mol. The summed E-state index contributed by atoms with van der Waals surface area (Å²) < 4.78 is 5.59. The molecule has 1 saturated heterocycles. The van der Waals surface area contributed by atoms with E-state index in [-0.39, 0.29) is 17.6 Å². The van der Waals surface area contributed by atoms with E-state index >= 15 is 0 Å². The molecule has 2 aromatic heterocycles. The summed E-state index contributed by atoms with van der Waals surface area (Å²) in [4.78, 5) is 32.6. The van der Waals surface area contributed by atoms with Crippen LogP contribution in [0.25, 0.3) is 11.0 Å². The molecule has 1 fully saturated rings. The number of hydrogen-bond acceptors (Lipinski definition) is 4. The molecule has 3 aromatic rings. The van der Waals surface area contributed by atoms with Gasteiger partial charge in [0.15, 0.2) is 0 Å². The lowest BCUT2D eigenvalue weighted by molar-refractivity contribution is -0.131. The van der Waals surface area contributed by atoms with Crippen molar-refractivity contribution < 1.29 is 9.21 Å². The Morgan fingerprint density at radius 2 is 2.28 bits per heavy atom. The van der Waals surface area contributed by atoms with E-state index in [0.29, 0.717) is 13.0 Å². The van der Waals surface area contributed by atoms with Crippen molar-refractivity contribution in [2.24, 2.45) is 0 Å². The average Bonchev–Trinajstić information content (AvgIpc) is 3.22. The second-order valence-electron chi connectivity index (χ2n) is 6.51.